The van der Waals surface area contributed by atoms with Crippen LogP contribution in [0.1, 0.15) is 27.2 Å². The first-order valence-electron chi connectivity index (χ1n) is 5.72. The molecule has 0 saturated heterocycles. The molecule has 0 aliphatic rings. The van der Waals surface area contributed by atoms with Gasteiger partial charge in [0.05, 0.1) is 13.0 Å². The standard InChI is InChI=1S/C11H21F3N2O/c1-5-16(7-6-11(12,13)14)8-10(17)15(4)9(2)3/h9H,5-8H2,1-4H3. The minimum atomic E-state index is -4.17. The van der Waals surface area contributed by atoms with Gasteiger partial charge in [-0.25, -0.2) is 0 Å². The minimum Gasteiger partial charge on any atom is -0.342 e. The Morgan fingerprint density at radius 3 is 2.18 bits per heavy atom. The second kappa shape index (κ2) is 6.83. The Morgan fingerprint density at radius 1 is 1.29 bits per heavy atom. The van der Waals surface area contributed by atoms with Crippen molar-refractivity contribution in [1.82, 2.24) is 9.80 Å². The molecule has 0 aromatic heterocycles. The molecule has 0 aromatic carbocycles. The molecule has 0 fully saturated rings. The topological polar surface area (TPSA) is 23.6 Å². The molecule has 102 valence electrons. The van der Waals surface area contributed by atoms with Gasteiger partial charge in [-0.15, -0.1) is 0 Å². The van der Waals surface area contributed by atoms with E-state index in [1.807, 2.05) is 13.8 Å². The lowest BCUT2D eigenvalue weighted by atomic mass is 10.3. The summed E-state index contributed by atoms with van der Waals surface area (Å²) in [4.78, 5) is 14.7. The molecule has 3 nitrogen and oxygen atoms in total. The molecule has 0 spiro atoms. The number of alkyl halides is 3. The summed E-state index contributed by atoms with van der Waals surface area (Å²) in [6.45, 7) is 5.83. The van der Waals surface area contributed by atoms with Crippen LogP contribution in [0.3, 0.4) is 0 Å². The molecule has 17 heavy (non-hydrogen) atoms. The highest BCUT2D eigenvalue weighted by Gasteiger charge is 2.28. The summed E-state index contributed by atoms with van der Waals surface area (Å²) in [7, 11) is 1.66. The van der Waals surface area contributed by atoms with Gasteiger partial charge in [-0.3, -0.25) is 9.69 Å². The van der Waals surface area contributed by atoms with Crippen molar-refractivity contribution in [2.24, 2.45) is 0 Å². The van der Waals surface area contributed by atoms with E-state index in [9.17, 15) is 18.0 Å². The maximum Gasteiger partial charge on any atom is 0.390 e. The van der Waals surface area contributed by atoms with Crippen molar-refractivity contribution < 1.29 is 18.0 Å². The molecule has 0 atom stereocenters. The average molecular weight is 254 g/mol. The summed E-state index contributed by atoms with van der Waals surface area (Å²) in [6.07, 6.45) is -5.04. The first-order valence-corrected chi connectivity index (χ1v) is 5.72. The molecule has 6 heteroatoms. The van der Waals surface area contributed by atoms with Crippen molar-refractivity contribution in [3.63, 3.8) is 0 Å². The number of nitrogens with zero attached hydrogens (tertiary/aromatic N) is 2. The number of hydrogen-bond donors (Lipinski definition) is 0. The van der Waals surface area contributed by atoms with Crippen molar-refractivity contribution in [2.75, 3.05) is 26.7 Å². The zero-order valence-corrected chi connectivity index (χ0v) is 10.8. The first kappa shape index (κ1) is 16.2. The third-order valence-electron chi connectivity index (χ3n) is 2.69. The van der Waals surface area contributed by atoms with Crippen LogP contribution in [-0.4, -0.2) is 54.6 Å². The second-order valence-corrected chi connectivity index (χ2v) is 4.33. The van der Waals surface area contributed by atoms with Gasteiger partial charge in [-0.1, -0.05) is 6.92 Å². The molecule has 0 aliphatic carbocycles. The van der Waals surface area contributed by atoms with Gasteiger partial charge in [0.25, 0.3) is 0 Å². The molecular weight excluding hydrogens is 233 g/mol. The molecule has 0 bridgehead atoms. The van der Waals surface area contributed by atoms with E-state index >= 15 is 0 Å². The number of carbonyl (C=O) groups is 1. The SMILES string of the molecule is CCN(CCC(F)(F)F)CC(=O)N(C)C(C)C. The lowest BCUT2D eigenvalue weighted by molar-refractivity contribution is -0.142. The fourth-order valence-corrected chi connectivity index (χ4v) is 1.22. The first-order chi connectivity index (χ1) is 7.67. The number of amides is 1. The summed E-state index contributed by atoms with van der Waals surface area (Å²) >= 11 is 0. The monoisotopic (exact) mass is 254 g/mol. The van der Waals surface area contributed by atoms with Crippen molar-refractivity contribution in [2.45, 2.75) is 39.4 Å². The Balaban J connectivity index is 4.17. The fraction of sp³-hybridized carbons (Fsp3) is 0.909. The predicted octanol–water partition coefficient (Wildman–Crippen LogP) is 2.13. The summed E-state index contributed by atoms with van der Waals surface area (Å²) in [5.41, 5.74) is 0. The number of halogens is 3. The number of rotatable bonds is 6. The van der Waals surface area contributed by atoms with Crippen molar-refractivity contribution in [3.8, 4) is 0 Å². The van der Waals surface area contributed by atoms with E-state index in [1.54, 1.807) is 14.0 Å². The Morgan fingerprint density at radius 2 is 1.82 bits per heavy atom. The Kier molecular flexibility index (Phi) is 6.52. The molecular formula is C11H21F3N2O. The van der Waals surface area contributed by atoms with Crippen molar-refractivity contribution >= 4 is 5.91 Å². The third kappa shape index (κ3) is 7.20. The quantitative estimate of drug-likeness (QED) is 0.725. The van der Waals surface area contributed by atoms with Crippen LogP contribution in [0.4, 0.5) is 13.2 Å². The van der Waals surface area contributed by atoms with E-state index in [0.29, 0.717) is 6.54 Å². The van der Waals surface area contributed by atoms with Crippen molar-refractivity contribution in [1.29, 1.82) is 0 Å². The Labute approximate surface area is 101 Å². The zero-order chi connectivity index (χ0) is 13.6. The van der Waals surface area contributed by atoms with Gasteiger partial charge in [0.2, 0.25) is 5.91 Å². The summed E-state index contributed by atoms with van der Waals surface area (Å²) in [5, 5.41) is 0. The average Bonchev–Trinajstić information content (AvgIpc) is 2.21. The maximum atomic E-state index is 12.1. The highest BCUT2D eigenvalue weighted by atomic mass is 19.4. The van der Waals surface area contributed by atoms with Gasteiger partial charge in [-0.05, 0) is 20.4 Å². The highest BCUT2D eigenvalue weighted by molar-refractivity contribution is 5.78. The molecule has 0 saturated carbocycles. The molecule has 0 aliphatic heterocycles. The Bertz CT molecular complexity index is 241. The van der Waals surface area contributed by atoms with Crippen LogP contribution < -0.4 is 0 Å². The van der Waals surface area contributed by atoms with Crippen LogP contribution in [0.15, 0.2) is 0 Å². The van der Waals surface area contributed by atoms with Crippen LogP contribution in [0.5, 0.6) is 0 Å². The molecule has 0 aromatic rings. The smallest absolute Gasteiger partial charge is 0.342 e. The van der Waals surface area contributed by atoms with Gasteiger partial charge in [-0.2, -0.15) is 13.2 Å². The van der Waals surface area contributed by atoms with Gasteiger partial charge in [0.15, 0.2) is 0 Å². The fourth-order valence-electron chi connectivity index (χ4n) is 1.22. The van der Waals surface area contributed by atoms with Crippen LogP contribution in [-0.2, 0) is 4.79 Å². The van der Waals surface area contributed by atoms with Crippen LogP contribution in [0.25, 0.3) is 0 Å². The van der Waals surface area contributed by atoms with E-state index in [-0.39, 0.29) is 25.0 Å². The van der Waals surface area contributed by atoms with Crippen molar-refractivity contribution in [3.05, 3.63) is 0 Å². The minimum absolute atomic E-state index is 0.0429. The van der Waals surface area contributed by atoms with E-state index in [4.69, 9.17) is 0 Å². The van der Waals surface area contributed by atoms with Gasteiger partial charge >= 0.3 is 6.18 Å². The van der Waals surface area contributed by atoms with Gasteiger partial charge in [0, 0.05) is 19.6 Å². The van der Waals surface area contributed by atoms with E-state index in [1.165, 1.54) is 9.80 Å². The number of likely N-dealkylation sites (N-methyl/N-ethyl adjacent to an activating group) is 2. The molecule has 0 heterocycles. The number of hydrogen-bond acceptors (Lipinski definition) is 2. The maximum absolute atomic E-state index is 12.1. The molecule has 0 radical (unpaired) electrons. The Hall–Kier alpha value is -0.780. The summed E-state index contributed by atoms with van der Waals surface area (Å²) in [6, 6.07) is 0.0591. The van der Waals surface area contributed by atoms with Crippen LogP contribution >= 0.6 is 0 Å². The van der Waals surface area contributed by atoms with E-state index in [0.717, 1.165) is 0 Å². The summed E-state index contributed by atoms with van der Waals surface area (Å²) in [5.74, 6) is -0.149. The lowest BCUT2D eigenvalue weighted by Crippen LogP contribution is -2.42. The van der Waals surface area contributed by atoms with Gasteiger partial charge < -0.3 is 4.90 Å². The normalized spacial score (nSPS) is 12.3. The number of carbonyl (C=O) groups excluding carboxylic acids is 1. The molecule has 0 N–H and O–H groups in total. The van der Waals surface area contributed by atoms with E-state index in [2.05, 4.69) is 0 Å². The molecule has 0 unspecified atom stereocenters. The second-order valence-electron chi connectivity index (χ2n) is 4.33. The lowest BCUT2D eigenvalue weighted by Gasteiger charge is -2.26. The largest absolute Gasteiger partial charge is 0.390 e. The van der Waals surface area contributed by atoms with E-state index < -0.39 is 12.6 Å². The van der Waals surface area contributed by atoms with Crippen LogP contribution in [0, 0.1) is 0 Å². The third-order valence-corrected chi connectivity index (χ3v) is 2.69. The zero-order valence-electron chi connectivity index (χ0n) is 10.8. The summed E-state index contributed by atoms with van der Waals surface area (Å²) < 4.78 is 36.2. The van der Waals surface area contributed by atoms with Gasteiger partial charge in [0.1, 0.15) is 0 Å². The highest BCUT2D eigenvalue weighted by Crippen LogP contribution is 2.19. The molecule has 1 amide bonds. The van der Waals surface area contributed by atoms with Crippen LogP contribution in [0.2, 0.25) is 0 Å². The molecule has 0 rings (SSSR count). The predicted molar refractivity (Wildman–Crippen MR) is 60.7 cm³/mol.